The largest absolute Gasteiger partial charge is 0.342 e. The van der Waals surface area contributed by atoms with Gasteiger partial charge in [-0.15, -0.1) is 0 Å². The van der Waals surface area contributed by atoms with Gasteiger partial charge in [0.2, 0.25) is 17.6 Å². The van der Waals surface area contributed by atoms with E-state index in [1.165, 1.54) is 12.3 Å². The first-order valence-corrected chi connectivity index (χ1v) is 12.3. The Morgan fingerprint density at radius 2 is 1.97 bits per heavy atom. The number of piperidine rings is 1. The number of rotatable bonds is 6. The lowest BCUT2D eigenvalue weighted by Crippen LogP contribution is -2.43. The third-order valence-corrected chi connectivity index (χ3v) is 6.57. The van der Waals surface area contributed by atoms with Crippen molar-refractivity contribution in [2.75, 3.05) is 19.6 Å². The summed E-state index contributed by atoms with van der Waals surface area (Å²) in [6, 6.07) is 9.36. The molecule has 4 heterocycles. The van der Waals surface area contributed by atoms with E-state index in [9.17, 15) is 9.59 Å². The minimum atomic E-state index is -0.414. The number of benzene rings is 1. The molecule has 11 heteroatoms. The lowest BCUT2D eigenvalue weighted by atomic mass is 9.96. The molecule has 3 aromatic heterocycles. The molecular weight excluding hydrogens is 482 g/mol. The van der Waals surface area contributed by atoms with Gasteiger partial charge < -0.3 is 14.7 Å². The van der Waals surface area contributed by atoms with E-state index in [0.29, 0.717) is 42.7 Å². The van der Waals surface area contributed by atoms with Crippen LogP contribution < -0.4 is 5.32 Å². The van der Waals surface area contributed by atoms with E-state index >= 15 is 0 Å². The quantitative estimate of drug-likeness (QED) is 0.421. The van der Waals surface area contributed by atoms with Gasteiger partial charge in [-0.1, -0.05) is 28.9 Å². The summed E-state index contributed by atoms with van der Waals surface area (Å²) in [6.45, 7) is 5.19. The normalized spacial score (nSPS) is 14.5. The molecule has 1 fully saturated rings. The number of carbonyl (C=O) groups excluding carboxylic acids is 2. The zero-order valence-corrected chi connectivity index (χ0v) is 20.8. The van der Waals surface area contributed by atoms with Gasteiger partial charge in [0.1, 0.15) is 5.69 Å². The van der Waals surface area contributed by atoms with Gasteiger partial charge in [0, 0.05) is 42.2 Å². The van der Waals surface area contributed by atoms with Crippen LogP contribution in [0.15, 0.2) is 47.2 Å². The Labute approximate surface area is 212 Å². The number of carbonyl (C=O) groups is 2. The van der Waals surface area contributed by atoms with E-state index in [4.69, 9.17) is 16.1 Å². The second-order valence-corrected chi connectivity index (χ2v) is 9.55. The zero-order valence-electron chi connectivity index (χ0n) is 20.0. The molecule has 1 aromatic carbocycles. The number of amides is 2. The fraction of sp³-hybridized carbons (Fsp3) is 0.360. The van der Waals surface area contributed by atoms with Crippen molar-refractivity contribution in [2.45, 2.75) is 38.6 Å². The standard InChI is InChI=1S/C25H26ClN7O3/c1-15(2)33-21-11-17(3-4-18(21)12-29-33)23-30-25(36-31-23)16-7-9-32(10-8-16)22(34)14-28-24(35)20-6-5-19(26)13-27-20/h3-6,11-13,15-16H,7-10,14H2,1-2H3,(H,28,35). The van der Waals surface area contributed by atoms with Gasteiger partial charge >= 0.3 is 0 Å². The molecule has 0 aliphatic carbocycles. The van der Waals surface area contributed by atoms with Crippen LogP contribution in [0, 0.1) is 0 Å². The first kappa shape index (κ1) is 23.9. The smallest absolute Gasteiger partial charge is 0.270 e. The Morgan fingerprint density at radius 1 is 1.17 bits per heavy atom. The molecule has 0 saturated carbocycles. The number of nitrogens with one attached hydrogen (secondary N) is 1. The maximum absolute atomic E-state index is 12.6. The maximum atomic E-state index is 12.6. The SMILES string of the molecule is CC(C)n1ncc2ccc(-c3noc(C4CCN(C(=O)CNC(=O)c5ccc(Cl)cn5)CC4)n3)cc21. The molecule has 186 valence electrons. The summed E-state index contributed by atoms with van der Waals surface area (Å²) in [5.74, 6) is 0.644. The highest BCUT2D eigenvalue weighted by atomic mass is 35.5. The monoisotopic (exact) mass is 507 g/mol. The average Bonchev–Trinajstić information content (AvgIpc) is 3.55. The van der Waals surface area contributed by atoms with Crippen LogP contribution in [-0.4, -0.2) is 61.3 Å². The van der Waals surface area contributed by atoms with E-state index in [1.807, 2.05) is 29.1 Å². The average molecular weight is 508 g/mol. The zero-order chi connectivity index (χ0) is 25.2. The first-order chi connectivity index (χ1) is 17.4. The molecule has 2 amide bonds. The van der Waals surface area contributed by atoms with Crippen molar-refractivity contribution in [1.82, 2.24) is 35.1 Å². The van der Waals surface area contributed by atoms with Gasteiger partial charge in [-0.3, -0.25) is 14.3 Å². The Kier molecular flexibility index (Phi) is 6.69. The molecule has 0 unspecified atom stereocenters. The molecule has 0 bridgehead atoms. The summed E-state index contributed by atoms with van der Waals surface area (Å²) < 4.78 is 7.57. The minimum absolute atomic E-state index is 0.0769. The number of hydrogen-bond acceptors (Lipinski definition) is 7. The number of hydrogen-bond donors (Lipinski definition) is 1. The molecule has 1 saturated heterocycles. The summed E-state index contributed by atoms with van der Waals surface area (Å²) in [7, 11) is 0. The van der Waals surface area contributed by atoms with Gasteiger partial charge in [0.25, 0.3) is 5.91 Å². The van der Waals surface area contributed by atoms with Crippen molar-refractivity contribution in [3.05, 3.63) is 59.3 Å². The maximum Gasteiger partial charge on any atom is 0.270 e. The number of likely N-dealkylation sites (tertiary alicyclic amines) is 1. The second kappa shape index (κ2) is 10.1. The van der Waals surface area contributed by atoms with E-state index in [0.717, 1.165) is 16.5 Å². The summed E-state index contributed by atoms with van der Waals surface area (Å²) in [5.41, 5.74) is 2.11. The Bertz CT molecular complexity index is 1390. The molecule has 0 spiro atoms. The fourth-order valence-electron chi connectivity index (χ4n) is 4.35. The van der Waals surface area contributed by atoms with E-state index in [1.54, 1.807) is 11.0 Å². The third kappa shape index (κ3) is 4.94. The van der Waals surface area contributed by atoms with E-state index < -0.39 is 5.91 Å². The summed E-state index contributed by atoms with van der Waals surface area (Å²) in [6.07, 6.45) is 4.67. The molecule has 4 aromatic rings. The van der Waals surface area contributed by atoms with E-state index in [-0.39, 0.29) is 30.1 Å². The van der Waals surface area contributed by atoms with Gasteiger partial charge in [-0.05, 0) is 44.9 Å². The first-order valence-electron chi connectivity index (χ1n) is 11.9. The molecule has 0 radical (unpaired) electrons. The second-order valence-electron chi connectivity index (χ2n) is 9.11. The number of aromatic nitrogens is 5. The highest BCUT2D eigenvalue weighted by Gasteiger charge is 2.28. The van der Waals surface area contributed by atoms with Gasteiger partial charge in [0.15, 0.2) is 0 Å². The number of nitrogens with zero attached hydrogens (tertiary/aromatic N) is 6. The summed E-state index contributed by atoms with van der Waals surface area (Å²) >= 11 is 5.79. The fourth-order valence-corrected chi connectivity index (χ4v) is 4.46. The van der Waals surface area contributed by atoms with Crippen molar-refractivity contribution in [3.8, 4) is 11.4 Å². The van der Waals surface area contributed by atoms with Crippen LogP contribution in [0.2, 0.25) is 5.02 Å². The van der Waals surface area contributed by atoms with Crippen LogP contribution in [0.1, 0.15) is 55.0 Å². The Balaban J connectivity index is 1.17. The lowest BCUT2D eigenvalue weighted by Gasteiger charge is -2.30. The van der Waals surface area contributed by atoms with Crippen molar-refractivity contribution < 1.29 is 14.1 Å². The molecule has 1 aliphatic rings. The van der Waals surface area contributed by atoms with Crippen molar-refractivity contribution >= 4 is 34.3 Å². The highest BCUT2D eigenvalue weighted by Crippen LogP contribution is 2.30. The van der Waals surface area contributed by atoms with Gasteiger partial charge in [-0.25, -0.2) is 4.98 Å². The summed E-state index contributed by atoms with van der Waals surface area (Å²) in [4.78, 5) is 35.1. The molecule has 1 aliphatic heterocycles. The van der Waals surface area contributed by atoms with Crippen LogP contribution in [0.4, 0.5) is 0 Å². The lowest BCUT2D eigenvalue weighted by molar-refractivity contribution is -0.131. The highest BCUT2D eigenvalue weighted by molar-refractivity contribution is 6.30. The Morgan fingerprint density at radius 3 is 2.69 bits per heavy atom. The summed E-state index contributed by atoms with van der Waals surface area (Å²) in [5, 5.41) is 12.8. The van der Waals surface area contributed by atoms with E-state index in [2.05, 4.69) is 39.4 Å². The minimum Gasteiger partial charge on any atom is -0.342 e. The topological polar surface area (TPSA) is 119 Å². The number of halogens is 1. The molecule has 36 heavy (non-hydrogen) atoms. The van der Waals surface area contributed by atoms with Crippen LogP contribution in [0.25, 0.3) is 22.3 Å². The predicted molar refractivity (Wildman–Crippen MR) is 134 cm³/mol. The Hall–Kier alpha value is -3.79. The molecule has 5 rings (SSSR count). The third-order valence-electron chi connectivity index (χ3n) is 6.34. The molecule has 0 atom stereocenters. The van der Waals surface area contributed by atoms with Crippen LogP contribution in [-0.2, 0) is 4.79 Å². The van der Waals surface area contributed by atoms with Crippen LogP contribution in [0.5, 0.6) is 0 Å². The van der Waals surface area contributed by atoms with Crippen molar-refractivity contribution in [1.29, 1.82) is 0 Å². The molecule has 1 N–H and O–H groups in total. The van der Waals surface area contributed by atoms with Gasteiger partial charge in [0.05, 0.1) is 23.3 Å². The van der Waals surface area contributed by atoms with Crippen LogP contribution >= 0.6 is 11.6 Å². The van der Waals surface area contributed by atoms with Crippen LogP contribution in [0.3, 0.4) is 0 Å². The predicted octanol–water partition coefficient (Wildman–Crippen LogP) is 3.85. The molecular formula is C25H26ClN7O3. The van der Waals surface area contributed by atoms with Crippen molar-refractivity contribution in [3.63, 3.8) is 0 Å². The van der Waals surface area contributed by atoms with Crippen molar-refractivity contribution in [2.24, 2.45) is 0 Å². The molecule has 10 nitrogen and oxygen atoms in total. The number of pyridine rings is 1. The van der Waals surface area contributed by atoms with Gasteiger partial charge in [-0.2, -0.15) is 10.1 Å². The number of fused-ring (bicyclic) bond motifs is 1.